The third kappa shape index (κ3) is 3.31. The van der Waals surface area contributed by atoms with Crippen LogP contribution in [0, 0.1) is 6.92 Å². The van der Waals surface area contributed by atoms with Gasteiger partial charge in [-0.25, -0.2) is 8.42 Å². The second kappa shape index (κ2) is 5.71. The zero-order valence-corrected chi connectivity index (χ0v) is 13.1. The molecule has 5 nitrogen and oxygen atoms in total. The van der Waals surface area contributed by atoms with Crippen molar-refractivity contribution in [3.63, 3.8) is 0 Å². The lowest BCUT2D eigenvalue weighted by atomic mass is 10.2. The quantitative estimate of drug-likeness (QED) is 0.856. The van der Waals surface area contributed by atoms with Gasteiger partial charge >= 0.3 is 0 Å². The lowest BCUT2D eigenvalue weighted by Crippen LogP contribution is -2.13. The van der Waals surface area contributed by atoms with Crippen LogP contribution in [0.3, 0.4) is 0 Å². The van der Waals surface area contributed by atoms with E-state index in [1.165, 1.54) is 13.0 Å². The monoisotopic (exact) mass is 334 g/mol. The van der Waals surface area contributed by atoms with E-state index in [1.54, 1.807) is 19.1 Å². The van der Waals surface area contributed by atoms with Crippen LogP contribution in [-0.2, 0) is 15.6 Å². The van der Waals surface area contributed by atoms with Gasteiger partial charge in [-0.3, -0.25) is 0 Å². The number of hydrogen-bond acceptors (Lipinski definition) is 5. The topological polar surface area (TPSA) is 73.1 Å². The Morgan fingerprint density at radius 3 is 2.55 bits per heavy atom. The van der Waals surface area contributed by atoms with Crippen molar-refractivity contribution in [2.24, 2.45) is 0 Å². The van der Waals surface area contributed by atoms with E-state index >= 15 is 0 Å². The highest BCUT2D eigenvalue weighted by atomic mass is 35.5. The second-order valence-electron chi connectivity index (χ2n) is 4.38. The first kappa shape index (κ1) is 15.3. The minimum atomic E-state index is -3.48. The summed E-state index contributed by atoms with van der Waals surface area (Å²) in [5, 5.41) is 3.42. The zero-order valence-electron chi connectivity index (χ0n) is 10.8. The molecule has 108 valence electrons. The van der Waals surface area contributed by atoms with Crippen molar-refractivity contribution in [3.8, 4) is 0 Å². The SMILES string of the molecule is Cc1noc(C(C)S(=O)(=O)Cc2ccc(Cl)c(Cl)c2)n1. The Morgan fingerprint density at radius 2 is 2.00 bits per heavy atom. The van der Waals surface area contributed by atoms with Crippen molar-refractivity contribution >= 4 is 33.0 Å². The lowest BCUT2D eigenvalue weighted by molar-refractivity contribution is 0.373. The third-order valence-electron chi connectivity index (χ3n) is 2.78. The predicted molar refractivity (Wildman–Crippen MR) is 76.5 cm³/mol. The Labute approximate surface area is 126 Å². The minimum Gasteiger partial charge on any atom is -0.338 e. The number of aromatic nitrogens is 2. The van der Waals surface area contributed by atoms with Crippen LogP contribution in [0.4, 0.5) is 0 Å². The van der Waals surface area contributed by atoms with Crippen molar-refractivity contribution in [1.82, 2.24) is 10.1 Å². The highest BCUT2D eigenvalue weighted by Crippen LogP contribution is 2.27. The summed E-state index contributed by atoms with van der Waals surface area (Å²) < 4.78 is 29.5. The van der Waals surface area contributed by atoms with Crippen LogP contribution in [0.5, 0.6) is 0 Å². The van der Waals surface area contributed by atoms with E-state index in [9.17, 15) is 8.42 Å². The van der Waals surface area contributed by atoms with Crippen molar-refractivity contribution in [3.05, 3.63) is 45.5 Å². The summed E-state index contributed by atoms with van der Waals surface area (Å²) in [4.78, 5) is 3.95. The summed E-state index contributed by atoms with van der Waals surface area (Å²) in [6.07, 6.45) is 0. The van der Waals surface area contributed by atoms with Crippen LogP contribution in [0.15, 0.2) is 22.7 Å². The molecule has 0 amide bonds. The fourth-order valence-electron chi connectivity index (χ4n) is 1.62. The Bertz CT molecular complexity index is 728. The number of halogens is 2. The molecular formula is C12H12Cl2N2O3S. The van der Waals surface area contributed by atoms with Crippen molar-refractivity contribution in [2.45, 2.75) is 24.9 Å². The van der Waals surface area contributed by atoms with E-state index < -0.39 is 15.1 Å². The summed E-state index contributed by atoms with van der Waals surface area (Å²) in [6.45, 7) is 3.14. The third-order valence-corrected chi connectivity index (χ3v) is 5.54. The van der Waals surface area contributed by atoms with Crippen LogP contribution in [0.25, 0.3) is 0 Å². The molecule has 1 aromatic carbocycles. The number of aryl methyl sites for hydroxylation is 1. The van der Waals surface area contributed by atoms with Gasteiger partial charge in [0.15, 0.2) is 15.7 Å². The van der Waals surface area contributed by atoms with Crippen LogP contribution < -0.4 is 0 Å². The van der Waals surface area contributed by atoms with Gasteiger partial charge in [-0.05, 0) is 31.5 Å². The van der Waals surface area contributed by atoms with Crippen LogP contribution in [0.1, 0.15) is 29.5 Å². The second-order valence-corrected chi connectivity index (χ2v) is 7.51. The van der Waals surface area contributed by atoms with Crippen LogP contribution in [-0.4, -0.2) is 18.6 Å². The Morgan fingerprint density at radius 1 is 1.30 bits per heavy atom. The average Bonchev–Trinajstić information content (AvgIpc) is 2.79. The average molecular weight is 335 g/mol. The molecule has 0 saturated heterocycles. The van der Waals surface area contributed by atoms with Crippen LogP contribution >= 0.6 is 23.2 Å². The molecule has 8 heteroatoms. The molecule has 0 aliphatic rings. The minimum absolute atomic E-state index is 0.0857. The molecule has 1 aromatic heterocycles. The molecule has 0 radical (unpaired) electrons. The summed E-state index contributed by atoms with van der Waals surface area (Å²) in [7, 11) is -3.48. The molecular weight excluding hydrogens is 323 g/mol. The number of sulfone groups is 1. The molecule has 0 saturated carbocycles. The maximum Gasteiger partial charge on any atom is 0.244 e. The Hall–Kier alpha value is -1.11. The standard InChI is InChI=1S/C12H12Cl2N2O3S/c1-7(12-15-8(2)16-19-12)20(17,18)6-9-3-4-10(13)11(14)5-9/h3-5,7H,6H2,1-2H3. The van der Waals surface area contributed by atoms with Gasteiger partial charge in [0.1, 0.15) is 5.25 Å². The fraction of sp³-hybridized carbons (Fsp3) is 0.333. The molecule has 0 aliphatic heterocycles. The van der Waals surface area contributed by atoms with Crippen LogP contribution in [0.2, 0.25) is 10.0 Å². The lowest BCUT2D eigenvalue weighted by Gasteiger charge is -2.09. The van der Waals surface area contributed by atoms with E-state index in [0.717, 1.165) is 0 Å². The number of benzene rings is 1. The van der Waals surface area contributed by atoms with Crippen molar-refractivity contribution in [1.29, 1.82) is 0 Å². The van der Waals surface area contributed by atoms with Gasteiger partial charge < -0.3 is 4.52 Å². The van der Waals surface area contributed by atoms with Crippen molar-refractivity contribution in [2.75, 3.05) is 0 Å². The molecule has 1 unspecified atom stereocenters. The maximum atomic E-state index is 12.3. The first-order chi connectivity index (χ1) is 9.29. The number of hydrogen-bond donors (Lipinski definition) is 0. The molecule has 20 heavy (non-hydrogen) atoms. The highest BCUT2D eigenvalue weighted by molar-refractivity contribution is 7.90. The van der Waals surface area contributed by atoms with Gasteiger partial charge in [-0.15, -0.1) is 0 Å². The van der Waals surface area contributed by atoms with E-state index in [4.69, 9.17) is 27.7 Å². The zero-order chi connectivity index (χ0) is 14.9. The highest BCUT2D eigenvalue weighted by Gasteiger charge is 2.28. The summed E-state index contributed by atoms with van der Waals surface area (Å²) in [6, 6.07) is 4.72. The molecule has 0 bridgehead atoms. The molecule has 0 N–H and O–H groups in total. The molecule has 0 spiro atoms. The molecule has 1 atom stereocenters. The number of nitrogens with zero attached hydrogens (tertiary/aromatic N) is 2. The van der Waals surface area contributed by atoms with Gasteiger partial charge in [-0.1, -0.05) is 34.4 Å². The Kier molecular flexibility index (Phi) is 4.36. The molecule has 1 heterocycles. The van der Waals surface area contributed by atoms with Gasteiger partial charge in [-0.2, -0.15) is 4.98 Å². The largest absolute Gasteiger partial charge is 0.338 e. The molecule has 0 aliphatic carbocycles. The first-order valence-corrected chi connectivity index (χ1v) is 8.22. The summed E-state index contributed by atoms with van der Waals surface area (Å²) in [5.74, 6) is 0.311. The van der Waals surface area contributed by atoms with E-state index in [1.807, 2.05) is 0 Å². The van der Waals surface area contributed by atoms with E-state index in [2.05, 4.69) is 10.1 Å². The maximum absolute atomic E-state index is 12.3. The van der Waals surface area contributed by atoms with E-state index in [-0.39, 0.29) is 11.6 Å². The normalized spacial score (nSPS) is 13.4. The van der Waals surface area contributed by atoms with Gasteiger partial charge in [0.25, 0.3) is 0 Å². The number of rotatable bonds is 4. The summed E-state index contributed by atoms with van der Waals surface area (Å²) in [5.41, 5.74) is 0.558. The van der Waals surface area contributed by atoms with Gasteiger partial charge in [0.2, 0.25) is 5.89 Å². The van der Waals surface area contributed by atoms with Gasteiger partial charge in [0.05, 0.1) is 15.8 Å². The van der Waals surface area contributed by atoms with Gasteiger partial charge in [0, 0.05) is 0 Å². The molecule has 0 fully saturated rings. The first-order valence-electron chi connectivity index (χ1n) is 5.75. The Balaban J connectivity index is 2.24. The van der Waals surface area contributed by atoms with E-state index in [0.29, 0.717) is 21.4 Å². The predicted octanol–water partition coefficient (Wildman–Crippen LogP) is 3.36. The van der Waals surface area contributed by atoms with Crippen molar-refractivity contribution < 1.29 is 12.9 Å². The smallest absolute Gasteiger partial charge is 0.244 e. The molecule has 2 rings (SSSR count). The fourth-order valence-corrected chi connectivity index (χ4v) is 3.24. The summed E-state index contributed by atoms with van der Waals surface area (Å²) >= 11 is 11.7. The molecule has 2 aromatic rings.